The molecule has 2 rings (SSSR count). The van der Waals surface area contributed by atoms with Crippen LogP contribution in [0, 0.1) is 5.92 Å². The van der Waals surface area contributed by atoms with Crippen molar-refractivity contribution in [1.82, 2.24) is 0 Å². The zero-order chi connectivity index (χ0) is 10.8. The van der Waals surface area contributed by atoms with Gasteiger partial charge in [-0.3, -0.25) is 0 Å². The Labute approximate surface area is 89.2 Å². The maximum atomic E-state index is 13.7. The molecule has 0 aromatic carbocycles. The van der Waals surface area contributed by atoms with Gasteiger partial charge in [0.1, 0.15) is 6.17 Å². The molecule has 0 saturated heterocycles. The number of aliphatic hydroxyl groups is 1. The number of allylic oxidation sites excluding steroid dienone is 2. The van der Waals surface area contributed by atoms with E-state index in [2.05, 4.69) is 6.08 Å². The lowest BCUT2D eigenvalue weighted by molar-refractivity contribution is -0.0268. The Morgan fingerprint density at radius 1 is 1.13 bits per heavy atom. The summed E-state index contributed by atoms with van der Waals surface area (Å²) in [5.41, 5.74) is 1.09. The van der Waals surface area contributed by atoms with E-state index in [0.717, 1.165) is 31.3 Å². The van der Waals surface area contributed by atoms with Gasteiger partial charge in [-0.15, -0.1) is 0 Å². The van der Waals surface area contributed by atoms with Gasteiger partial charge in [-0.2, -0.15) is 0 Å². The maximum Gasteiger partial charge on any atom is 0.157 e. The minimum atomic E-state index is -1.69. The van der Waals surface area contributed by atoms with E-state index in [4.69, 9.17) is 0 Å². The second-order valence-electron chi connectivity index (χ2n) is 4.66. The molecule has 0 bridgehead atoms. The van der Waals surface area contributed by atoms with Crippen molar-refractivity contribution in [2.75, 3.05) is 0 Å². The lowest BCUT2D eigenvalue weighted by atomic mass is 9.77. The van der Waals surface area contributed by atoms with Gasteiger partial charge in [0.25, 0.3) is 0 Å². The van der Waals surface area contributed by atoms with Gasteiger partial charge in [0.05, 0.1) is 6.10 Å². The molecule has 86 valence electrons. The fourth-order valence-electron chi connectivity index (χ4n) is 2.69. The molecule has 4 unspecified atom stereocenters. The van der Waals surface area contributed by atoms with E-state index >= 15 is 0 Å². The number of rotatable bonds is 1. The summed E-state index contributed by atoms with van der Waals surface area (Å²) >= 11 is 0. The third-order valence-electron chi connectivity index (χ3n) is 3.63. The SMILES string of the molecule is OC1CCC(C2=CCCCC2)C(F)C1F. The predicted molar refractivity (Wildman–Crippen MR) is 55.1 cm³/mol. The van der Waals surface area contributed by atoms with Crippen LogP contribution < -0.4 is 0 Å². The fourth-order valence-corrected chi connectivity index (χ4v) is 2.69. The molecule has 0 aromatic rings. The normalized spacial score (nSPS) is 42.5. The quantitative estimate of drug-likeness (QED) is 0.668. The summed E-state index contributed by atoms with van der Waals surface area (Å²) < 4.78 is 27.0. The monoisotopic (exact) mass is 216 g/mol. The third-order valence-corrected chi connectivity index (χ3v) is 3.63. The molecule has 3 heteroatoms. The minimum absolute atomic E-state index is 0.274. The van der Waals surface area contributed by atoms with Crippen LogP contribution in [0.25, 0.3) is 0 Å². The molecule has 0 radical (unpaired) electrons. The molecule has 0 heterocycles. The number of alkyl halides is 2. The summed E-state index contributed by atoms with van der Waals surface area (Å²) in [4.78, 5) is 0. The highest BCUT2D eigenvalue weighted by Gasteiger charge is 2.40. The average molecular weight is 216 g/mol. The highest BCUT2D eigenvalue weighted by molar-refractivity contribution is 5.14. The van der Waals surface area contributed by atoms with Crippen molar-refractivity contribution in [3.63, 3.8) is 0 Å². The molecular weight excluding hydrogens is 198 g/mol. The standard InChI is InChI=1S/C12H18F2O/c13-11-9(6-7-10(15)12(11)14)8-4-2-1-3-5-8/h4,9-12,15H,1-3,5-7H2. The first-order valence-electron chi connectivity index (χ1n) is 5.85. The average Bonchev–Trinajstić information content (AvgIpc) is 2.27. The van der Waals surface area contributed by atoms with Crippen molar-refractivity contribution in [2.24, 2.45) is 5.92 Å². The van der Waals surface area contributed by atoms with Crippen molar-refractivity contribution < 1.29 is 13.9 Å². The predicted octanol–water partition coefficient (Wildman–Crippen LogP) is 2.93. The van der Waals surface area contributed by atoms with Crippen LogP contribution in [-0.2, 0) is 0 Å². The summed E-state index contributed by atoms with van der Waals surface area (Å²) in [6, 6.07) is 0. The van der Waals surface area contributed by atoms with Crippen LogP contribution in [0.3, 0.4) is 0 Å². The van der Waals surface area contributed by atoms with Crippen LogP contribution in [0.15, 0.2) is 11.6 Å². The number of halogens is 2. The lowest BCUT2D eigenvalue weighted by Crippen LogP contribution is -2.42. The second kappa shape index (κ2) is 4.60. The fraction of sp³-hybridized carbons (Fsp3) is 0.833. The van der Waals surface area contributed by atoms with Gasteiger partial charge in [-0.1, -0.05) is 11.6 Å². The Hall–Kier alpha value is -0.440. The zero-order valence-corrected chi connectivity index (χ0v) is 8.83. The van der Waals surface area contributed by atoms with Crippen molar-refractivity contribution in [2.45, 2.75) is 57.0 Å². The van der Waals surface area contributed by atoms with Gasteiger partial charge >= 0.3 is 0 Å². The van der Waals surface area contributed by atoms with Gasteiger partial charge in [-0.25, -0.2) is 8.78 Å². The van der Waals surface area contributed by atoms with Gasteiger partial charge in [-0.05, 0) is 38.5 Å². The molecular formula is C12H18F2O. The molecule has 0 amide bonds. The molecule has 1 saturated carbocycles. The largest absolute Gasteiger partial charge is 0.390 e. The van der Waals surface area contributed by atoms with E-state index in [9.17, 15) is 13.9 Å². The third kappa shape index (κ3) is 2.22. The summed E-state index contributed by atoms with van der Waals surface area (Å²) in [5.74, 6) is -0.274. The van der Waals surface area contributed by atoms with Crippen LogP contribution >= 0.6 is 0 Å². The molecule has 15 heavy (non-hydrogen) atoms. The first kappa shape index (κ1) is 11.1. The molecule has 1 nitrogen and oxygen atoms in total. The van der Waals surface area contributed by atoms with Gasteiger partial charge < -0.3 is 5.11 Å². The lowest BCUT2D eigenvalue weighted by Gasteiger charge is -2.34. The molecule has 0 spiro atoms. The van der Waals surface area contributed by atoms with Crippen molar-refractivity contribution in [3.05, 3.63) is 11.6 Å². The Balaban J connectivity index is 2.06. The van der Waals surface area contributed by atoms with E-state index in [1.54, 1.807) is 0 Å². The number of hydrogen-bond acceptors (Lipinski definition) is 1. The van der Waals surface area contributed by atoms with E-state index in [1.807, 2.05) is 0 Å². The van der Waals surface area contributed by atoms with Crippen LogP contribution in [0.5, 0.6) is 0 Å². The molecule has 2 aliphatic carbocycles. The molecule has 1 fully saturated rings. The molecule has 0 aromatic heterocycles. The zero-order valence-electron chi connectivity index (χ0n) is 8.83. The summed E-state index contributed by atoms with van der Waals surface area (Å²) in [7, 11) is 0. The molecule has 2 aliphatic rings. The van der Waals surface area contributed by atoms with Gasteiger partial charge in [0.15, 0.2) is 6.17 Å². The minimum Gasteiger partial charge on any atom is -0.390 e. The molecule has 1 N–H and O–H groups in total. The van der Waals surface area contributed by atoms with E-state index in [0.29, 0.717) is 12.8 Å². The summed E-state index contributed by atoms with van der Waals surface area (Å²) in [6.45, 7) is 0. The topological polar surface area (TPSA) is 20.2 Å². The second-order valence-corrected chi connectivity index (χ2v) is 4.66. The van der Waals surface area contributed by atoms with E-state index in [-0.39, 0.29) is 5.92 Å². The number of aliphatic hydroxyl groups excluding tert-OH is 1. The van der Waals surface area contributed by atoms with Crippen LogP contribution in [0.1, 0.15) is 38.5 Å². The highest BCUT2D eigenvalue weighted by atomic mass is 19.2. The Morgan fingerprint density at radius 3 is 2.60 bits per heavy atom. The van der Waals surface area contributed by atoms with E-state index < -0.39 is 18.4 Å². The highest BCUT2D eigenvalue weighted by Crippen LogP contribution is 2.37. The summed E-state index contributed by atoms with van der Waals surface area (Å²) in [5, 5.41) is 9.23. The summed E-state index contributed by atoms with van der Waals surface area (Å²) in [6.07, 6.45) is 2.93. The Kier molecular flexibility index (Phi) is 3.39. The van der Waals surface area contributed by atoms with Gasteiger partial charge in [0.2, 0.25) is 0 Å². The van der Waals surface area contributed by atoms with Crippen molar-refractivity contribution >= 4 is 0 Å². The first-order valence-corrected chi connectivity index (χ1v) is 5.85. The van der Waals surface area contributed by atoms with E-state index in [1.165, 1.54) is 0 Å². The Morgan fingerprint density at radius 2 is 1.93 bits per heavy atom. The molecule has 4 atom stereocenters. The van der Waals surface area contributed by atoms with Crippen LogP contribution in [-0.4, -0.2) is 23.6 Å². The van der Waals surface area contributed by atoms with Gasteiger partial charge in [0, 0.05) is 5.92 Å². The van der Waals surface area contributed by atoms with Crippen molar-refractivity contribution in [1.29, 1.82) is 0 Å². The number of hydrogen-bond donors (Lipinski definition) is 1. The van der Waals surface area contributed by atoms with Crippen molar-refractivity contribution in [3.8, 4) is 0 Å². The van der Waals surface area contributed by atoms with Crippen LogP contribution in [0.4, 0.5) is 8.78 Å². The molecule has 0 aliphatic heterocycles. The van der Waals surface area contributed by atoms with Crippen LogP contribution in [0.2, 0.25) is 0 Å². The Bertz CT molecular complexity index is 252. The smallest absolute Gasteiger partial charge is 0.157 e. The maximum absolute atomic E-state index is 13.7. The first-order chi connectivity index (χ1) is 7.20.